The number of hydrogen-bond donors (Lipinski definition) is 1. The first-order valence-corrected chi connectivity index (χ1v) is 6.93. The summed E-state index contributed by atoms with van der Waals surface area (Å²) >= 11 is 0. The van der Waals surface area contributed by atoms with Crippen LogP contribution in [0.3, 0.4) is 0 Å². The first kappa shape index (κ1) is 13.5. The highest BCUT2D eigenvalue weighted by Gasteiger charge is 2.19. The van der Waals surface area contributed by atoms with Gasteiger partial charge in [0.25, 0.3) is 0 Å². The van der Waals surface area contributed by atoms with E-state index in [1.807, 2.05) is 12.1 Å². The van der Waals surface area contributed by atoms with Crippen LogP contribution < -0.4 is 5.73 Å². The quantitative estimate of drug-likeness (QED) is 0.890. The van der Waals surface area contributed by atoms with Crippen molar-refractivity contribution in [2.45, 2.75) is 39.3 Å². The lowest BCUT2D eigenvalue weighted by atomic mass is 9.94. The Labute approximate surface area is 109 Å². The number of nitrogens with two attached hydrogens (primary N) is 1. The van der Waals surface area contributed by atoms with Gasteiger partial charge in [-0.1, -0.05) is 31.5 Å². The van der Waals surface area contributed by atoms with E-state index in [0.717, 1.165) is 31.1 Å². The Kier molecular flexibility index (Phi) is 4.72. The van der Waals surface area contributed by atoms with Gasteiger partial charge in [-0.25, -0.2) is 4.39 Å². The average molecular weight is 250 g/mol. The zero-order chi connectivity index (χ0) is 13.0. The second-order valence-corrected chi connectivity index (χ2v) is 5.22. The van der Waals surface area contributed by atoms with E-state index in [1.54, 1.807) is 6.07 Å². The van der Waals surface area contributed by atoms with E-state index in [0.29, 0.717) is 5.56 Å². The molecule has 0 unspecified atom stereocenters. The number of nitrogens with zero attached hydrogens (tertiary/aromatic N) is 1. The van der Waals surface area contributed by atoms with Gasteiger partial charge in [0, 0.05) is 24.2 Å². The number of likely N-dealkylation sites (tertiary alicyclic amines) is 1. The van der Waals surface area contributed by atoms with Crippen LogP contribution in [0.5, 0.6) is 0 Å². The fourth-order valence-electron chi connectivity index (χ4n) is 2.71. The van der Waals surface area contributed by atoms with Crippen LogP contribution >= 0.6 is 0 Å². The SMILES string of the molecule is CCC1CCN(Cc2cccc(CN)c2F)CC1. The molecule has 1 aliphatic heterocycles. The number of halogens is 1. The van der Waals surface area contributed by atoms with Crippen LogP contribution in [-0.4, -0.2) is 18.0 Å². The second-order valence-electron chi connectivity index (χ2n) is 5.22. The molecular weight excluding hydrogens is 227 g/mol. The summed E-state index contributed by atoms with van der Waals surface area (Å²) in [6.07, 6.45) is 3.76. The maximum absolute atomic E-state index is 14.1. The fourth-order valence-corrected chi connectivity index (χ4v) is 2.71. The molecule has 0 bridgehead atoms. The van der Waals surface area contributed by atoms with Crippen molar-refractivity contribution in [2.24, 2.45) is 11.7 Å². The van der Waals surface area contributed by atoms with Crippen LogP contribution in [0.1, 0.15) is 37.3 Å². The number of benzene rings is 1. The lowest BCUT2D eigenvalue weighted by Gasteiger charge is -2.31. The molecule has 2 N–H and O–H groups in total. The number of piperidine rings is 1. The van der Waals surface area contributed by atoms with Crippen molar-refractivity contribution in [3.05, 3.63) is 35.1 Å². The molecule has 100 valence electrons. The Morgan fingerprint density at radius 1 is 1.28 bits per heavy atom. The summed E-state index contributed by atoms with van der Waals surface area (Å²) in [7, 11) is 0. The molecule has 1 fully saturated rings. The first-order chi connectivity index (χ1) is 8.74. The Morgan fingerprint density at radius 2 is 1.94 bits per heavy atom. The third-order valence-electron chi connectivity index (χ3n) is 4.06. The van der Waals surface area contributed by atoms with Crippen molar-refractivity contribution >= 4 is 0 Å². The monoisotopic (exact) mass is 250 g/mol. The summed E-state index contributed by atoms with van der Waals surface area (Å²) in [5.41, 5.74) is 6.94. The lowest BCUT2D eigenvalue weighted by Crippen LogP contribution is -2.33. The van der Waals surface area contributed by atoms with Crippen molar-refractivity contribution in [3.63, 3.8) is 0 Å². The van der Waals surface area contributed by atoms with E-state index < -0.39 is 0 Å². The molecule has 1 heterocycles. The molecule has 1 saturated heterocycles. The largest absolute Gasteiger partial charge is 0.326 e. The van der Waals surface area contributed by atoms with Crippen LogP contribution in [0.15, 0.2) is 18.2 Å². The maximum atomic E-state index is 14.1. The molecule has 2 nitrogen and oxygen atoms in total. The third-order valence-corrected chi connectivity index (χ3v) is 4.06. The van der Waals surface area contributed by atoms with E-state index in [2.05, 4.69) is 11.8 Å². The fraction of sp³-hybridized carbons (Fsp3) is 0.600. The van der Waals surface area contributed by atoms with Gasteiger partial charge in [0.15, 0.2) is 0 Å². The summed E-state index contributed by atoms with van der Waals surface area (Å²) in [5.74, 6) is 0.749. The van der Waals surface area contributed by atoms with Gasteiger partial charge in [0.1, 0.15) is 5.82 Å². The van der Waals surface area contributed by atoms with Crippen LogP contribution in [0, 0.1) is 11.7 Å². The second kappa shape index (κ2) is 6.30. The number of hydrogen-bond acceptors (Lipinski definition) is 2. The van der Waals surface area contributed by atoms with E-state index in [1.165, 1.54) is 19.3 Å². The van der Waals surface area contributed by atoms with Crippen LogP contribution in [0.2, 0.25) is 0 Å². The predicted molar refractivity (Wildman–Crippen MR) is 72.6 cm³/mol. The zero-order valence-corrected chi connectivity index (χ0v) is 11.2. The molecule has 0 spiro atoms. The van der Waals surface area contributed by atoms with E-state index >= 15 is 0 Å². The number of rotatable bonds is 4. The predicted octanol–water partition coefficient (Wildman–Crippen LogP) is 2.91. The summed E-state index contributed by atoms with van der Waals surface area (Å²) in [6.45, 7) is 5.42. The van der Waals surface area contributed by atoms with Gasteiger partial charge in [-0.3, -0.25) is 4.90 Å². The Balaban J connectivity index is 1.98. The van der Waals surface area contributed by atoms with E-state index in [4.69, 9.17) is 5.73 Å². The van der Waals surface area contributed by atoms with Crippen LogP contribution in [-0.2, 0) is 13.1 Å². The smallest absolute Gasteiger partial charge is 0.132 e. The molecule has 3 heteroatoms. The van der Waals surface area contributed by atoms with Gasteiger partial charge < -0.3 is 5.73 Å². The third kappa shape index (κ3) is 3.09. The Bertz CT molecular complexity index is 384. The molecular formula is C15H23FN2. The molecule has 0 saturated carbocycles. The minimum Gasteiger partial charge on any atom is -0.326 e. The van der Waals surface area contributed by atoms with Crippen molar-refractivity contribution in [3.8, 4) is 0 Å². The molecule has 18 heavy (non-hydrogen) atoms. The van der Waals surface area contributed by atoms with Gasteiger partial charge in [-0.2, -0.15) is 0 Å². The molecule has 1 aromatic carbocycles. The van der Waals surface area contributed by atoms with Crippen LogP contribution in [0.4, 0.5) is 4.39 Å². The normalized spacial score (nSPS) is 18.2. The minimum atomic E-state index is -0.113. The molecule has 1 aliphatic rings. The topological polar surface area (TPSA) is 29.3 Å². The molecule has 0 radical (unpaired) electrons. The van der Waals surface area contributed by atoms with Crippen molar-refractivity contribution in [2.75, 3.05) is 13.1 Å². The Hall–Kier alpha value is -0.930. The van der Waals surface area contributed by atoms with Crippen molar-refractivity contribution in [1.29, 1.82) is 0 Å². The summed E-state index contributed by atoms with van der Waals surface area (Å²) < 4.78 is 14.1. The molecule has 2 rings (SSSR count). The van der Waals surface area contributed by atoms with Gasteiger partial charge in [0.2, 0.25) is 0 Å². The maximum Gasteiger partial charge on any atom is 0.132 e. The minimum absolute atomic E-state index is 0.113. The van der Waals surface area contributed by atoms with Gasteiger partial charge in [0.05, 0.1) is 0 Å². The lowest BCUT2D eigenvalue weighted by molar-refractivity contribution is 0.173. The van der Waals surface area contributed by atoms with E-state index in [9.17, 15) is 4.39 Å². The Morgan fingerprint density at radius 3 is 2.56 bits per heavy atom. The van der Waals surface area contributed by atoms with Crippen LogP contribution in [0.25, 0.3) is 0 Å². The summed E-state index contributed by atoms with van der Waals surface area (Å²) in [4.78, 5) is 2.35. The molecule has 0 amide bonds. The molecule has 1 aromatic rings. The molecule has 0 atom stereocenters. The highest BCUT2D eigenvalue weighted by molar-refractivity contribution is 5.25. The zero-order valence-electron chi connectivity index (χ0n) is 11.2. The first-order valence-electron chi connectivity index (χ1n) is 6.93. The summed E-state index contributed by atoms with van der Waals surface area (Å²) in [6, 6.07) is 5.54. The highest BCUT2D eigenvalue weighted by Crippen LogP contribution is 2.22. The molecule has 0 aromatic heterocycles. The van der Waals surface area contributed by atoms with Gasteiger partial charge >= 0.3 is 0 Å². The average Bonchev–Trinajstić information content (AvgIpc) is 2.42. The van der Waals surface area contributed by atoms with Crippen molar-refractivity contribution in [1.82, 2.24) is 4.90 Å². The van der Waals surface area contributed by atoms with Gasteiger partial charge in [-0.05, 0) is 31.8 Å². The van der Waals surface area contributed by atoms with E-state index in [-0.39, 0.29) is 12.4 Å². The standard InChI is InChI=1S/C15H23FN2/c1-2-12-6-8-18(9-7-12)11-14-5-3-4-13(10-17)15(14)16/h3-5,12H,2,6-11,17H2,1H3. The van der Waals surface area contributed by atoms with Gasteiger partial charge in [-0.15, -0.1) is 0 Å². The molecule has 0 aliphatic carbocycles. The van der Waals surface area contributed by atoms with Crippen molar-refractivity contribution < 1.29 is 4.39 Å². The summed E-state index contributed by atoms with van der Waals surface area (Å²) in [5, 5.41) is 0. The highest BCUT2D eigenvalue weighted by atomic mass is 19.1.